The van der Waals surface area contributed by atoms with Crippen molar-refractivity contribution < 1.29 is 9.53 Å². The molecule has 2 aliphatic heterocycles. The van der Waals surface area contributed by atoms with E-state index in [0.717, 1.165) is 11.3 Å². The number of aromatic nitrogens is 1. The first-order chi connectivity index (χ1) is 8.67. The van der Waals surface area contributed by atoms with Crippen LogP contribution in [0.3, 0.4) is 0 Å². The van der Waals surface area contributed by atoms with Crippen molar-refractivity contribution in [1.82, 2.24) is 4.98 Å². The minimum atomic E-state index is -0.552. The molecule has 1 aromatic heterocycles. The number of hydrogen-bond donors (Lipinski definition) is 2. The molecule has 0 atom stereocenters. The van der Waals surface area contributed by atoms with E-state index in [2.05, 4.69) is 15.6 Å². The van der Waals surface area contributed by atoms with Crippen LogP contribution in [-0.4, -0.2) is 31.2 Å². The van der Waals surface area contributed by atoms with Crippen molar-refractivity contribution in [3.63, 3.8) is 0 Å². The molecule has 0 aliphatic carbocycles. The Labute approximate surface area is 110 Å². The number of rotatable bonds is 1. The first-order valence-corrected chi connectivity index (χ1v) is 6.33. The highest BCUT2D eigenvalue weighted by molar-refractivity contribution is 6.32. The zero-order valence-electron chi connectivity index (χ0n) is 10.0. The summed E-state index contributed by atoms with van der Waals surface area (Å²) >= 11 is 6.26. The summed E-state index contributed by atoms with van der Waals surface area (Å²) in [6.45, 7) is 1.16. The smallest absolute Gasteiger partial charge is 0.235 e. The van der Waals surface area contributed by atoms with Crippen molar-refractivity contribution in [2.24, 2.45) is 0 Å². The molecule has 0 unspecified atom stereocenters. The molecule has 1 fully saturated rings. The van der Waals surface area contributed by atoms with Crippen LogP contribution in [0.4, 0.5) is 11.5 Å². The average Bonchev–Trinajstić information content (AvgIpc) is 2.63. The third-order valence-corrected chi connectivity index (χ3v) is 4.01. The molecule has 5 nitrogen and oxygen atoms in total. The highest BCUT2D eigenvalue weighted by atomic mass is 35.5. The fourth-order valence-corrected chi connectivity index (χ4v) is 3.12. The number of halogens is 1. The van der Waals surface area contributed by atoms with Crippen LogP contribution in [0.25, 0.3) is 0 Å². The van der Waals surface area contributed by atoms with Gasteiger partial charge < -0.3 is 15.4 Å². The lowest BCUT2D eigenvalue weighted by Gasteiger charge is -2.31. The summed E-state index contributed by atoms with van der Waals surface area (Å²) < 4.78 is 5.35. The minimum absolute atomic E-state index is 0.0118. The Balaban J connectivity index is 2.14. The molecule has 0 bridgehead atoms. The normalized spacial score (nSPS) is 20.7. The molecule has 1 amide bonds. The predicted octanol–water partition coefficient (Wildman–Crippen LogP) is 1.78. The van der Waals surface area contributed by atoms with E-state index in [1.807, 2.05) is 6.07 Å². The molecule has 96 valence electrons. The molecule has 1 spiro atoms. The number of hydrogen-bond acceptors (Lipinski definition) is 4. The van der Waals surface area contributed by atoms with Crippen molar-refractivity contribution in [3.05, 3.63) is 16.8 Å². The second kappa shape index (κ2) is 4.10. The molecular weight excluding hydrogens is 254 g/mol. The Morgan fingerprint density at radius 2 is 2.22 bits per heavy atom. The highest BCUT2D eigenvalue weighted by Gasteiger charge is 2.49. The molecule has 1 saturated heterocycles. The Morgan fingerprint density at radius 3 is 2.89 bits per heavy atom. The van der Waals surface area contributed by atoms with Crippen molar-refractivity contribution in [2.45, 2.75) is 18.3 Å². The topological polar surface area (TPSA) is 63.3 Å². The Kier molecular flexibility index (Phi) is 2.68. The van der Waals surface area contributed by atoms with Gasteiger partial charge in [0.2, 0.25) is 5.91 Å². The van der Waals surface area contributed by atoms with Crippen LogP contribution in [0.5, 0.6) is 0 Å². The van der Waals surface area contributed by atoms with Gasteiger partial charge in [0, 0.05) is 31.9 Å². The van der Waals surface area contributed by atoms with Crippen molar-refractivity contribution >= 4 is 29.0 Å². The zero-order valence-corrected chi connectivity index (χ0v) is 10.8. The van der Waals surface area contributed by atoms with Gasteiger partial charge in [0.05, 0.1) is 11.1 Å². The summed E-state index contributed by atoms with van der Waals surface area (Å²) in [5.74, 6) is 0.668. The van der Waals surface area contributed by atoms with Crippen LogP contribution < -0.4 is 10.6 Å². The van der Waals surface area contributed by atoms with E-state index >= 15 is 0 Å². The van der Waals surface area contributed by atoms with E-state index in [9.17, 15) is 4.79 Å². The molecule has 3 rings (SSSR count). The number of anilines is 2. The number of carbonyl (C=O) groups excluding carboxylic acids is 1. The summed E-state index contributed by atoms with van der Waals surface area (Å²) in [7, 11) is 1.77. The molecule has 0 aromatic carbocycles. The van der Waals surface area contributed by atoms with Crippen molar-refractivity contribution in [2.75, 3.05) is 30.9 Å². The van der Waals surface area contributed by atoms with Crippen LogP contribution in [-0.2, 0) is 14.9 Å². The lowest BCUT2D eigenvalue weighted by atomic mass is 9.76. The zero-order chi connectivity index (χ0) is 12.8. The maximum absolute atomic E-state index is 12.3. The number of nitrogens with zero attached hydrogens (tertiary/aromatic N) is 1. The van der Waals surface area contributed by atoms with E-state index in [1.165, 1.54) is 0 Å². The van der Waals surface area contributed by atoms with Gasteiger partial charge in [-0.05, 0) is 12.8 Å². The number of ether oxygens (including phenoxy) is 1. The Hall–Kier alpha value is -1.33. The number of pyridine rings is 1. The first-order valence-electron chi connectivity index (χ1n) is 5.95. The standard InChI is InChI=1S/C12H14ClN3O2/c1-14-8-6-7-9(10(13)16-8)12(11(17)15-7)2-4-18-5-3-12/h6H,2-5H2,1H3,(H,14,16)(H,15,17). The predicted molar refractivity (Wildman–Crippen MR) is 69.2 cm³/mol. The molecule has 2 aliphatic rings. The molecule has 18 heavy (non-hydrogen) atoms. The summed E-state index contributed by atoms with van der Waals surface area (Å²) in [4.78, 5) is 16.6. The Morgan fingerprint density at radius 1 is 1.50 bits per heavy atom. The van der Waals surface area contributed by atoms with E-state index in [0.29, 0.717) is 37.0 Å². The summed E-state index contributed by atoms with van der Waals surface area (Å²) in [5, 5.41) is 6.25. The molecule has 0 radical (unpaired) electrons. The van der Waals surface area contributed by atoms with Crippen molar-refractivity contribution in [1.29, 1.82) is 0 Å². The lowest BCUT2D eigenvalue weighted by molar-refractivity contribution is -0.124. The highest BCUT2D eigenvalue weighted by Crippen LogP contribution is 2.47. The van der Waals surface area contributed by atoms with E-state index in [-0.39, 0.29) is 5.91 Å². The van der Waals surface area contributed by atoms with Gasteiger partial charge in [-0.1, -0.05) is 11.6 Å². The second-order valence-corrected chi connectivity index (χ2v) is 4.98. The summed E-state index contributed by atoms with van der Waals surface area (Å²) in [6, 6.07) is 1.82. The van der Waals surface area contributed by atoms with Gasteiger partial charge >= 0.3 is 0 Å². The van der Waals surface area contributed by atoms with Crippen LogP contribution in [0.1, 0.15) is 18.4 Å². The number of fused-ring (bicyclic) bond motifs is 2. The summed E-state index contributed by atoms with van der Waals surface area (Å²) in [5.41, 5.74) is 1.05. The molecule has 2 N–H and O–H groups in total. The molecule has 1 aromatic rings. The number of carbonyl (C=O) groups is 1. The van der Waals surface area contributed by atoms with Crippen LogP contribution >= 0.6 is 11.6 Å². The fourth-order valence-electron chi connectivity index (χ4n) is 2.75. The third-order valence-electron chi connectivity index (χ3n) is 3.74. The largest absolute Gasteiger partial charge is 0.381 e. The van der Waals surface area contributed by atoms with E-state index in [1.54, 1.807) is 7.05 Å². The van der Waals surface area contributed by atoms with Gasteiger partial charge in [-0.15, -0.1) is 0 Å². The average molecular weight is 268 g/mol. The van der Waals surface area contributed by atoms with Crippen molar-refractivity contribution in [3.8, 4) is 0 Å². The maximum Gasteiger partial charge on any atom is 0.235 e. The number of amides is 1. The van der Waals surface area contributed by atoms with Crippen LogP contribution in [0.15, 0.2) is 6.07 Å². The summed E-state index contributed by atoms with van der Waals surface area (Å²) in [6.07, 6.45) is 1.32. The van der Waals surface area contributed by atoms with Gasteiger partial charge in [0.1, 0.15) is 11.0 Å². The maximum atomic E-state index is 12.3. The third kappa shape index (κ3) is 1.51. The molecule has 3 heterocycles. The van der Waals surface area contributed by atoms with Crippen LogP contribution in [0.2, 0.25) is 5.15 Å². The first kappa shape index (κ1) is 11.7. The van der Waals surface area contributed by atoms with Crippen LogP contribution in [0, 0.1) is 0 Å². The fraction of sp³-hybridized carbons (Fsp3) is 0.500. The number of nitrogens with one attached hydrogen (secondary N) is 2. The monoisotopic (exact) mass is 267 g/mol. The minimum Gasteiger partial charge on any atom is -0.381 e. The van der Waals surface area contributed by atoms with Gasteiger partial charge in [-0.3, -0.25) is 4.79 Å². The second-order valence-electron chi connectivity index (χ2n) is 4.62. The SMILES string of the molecule is CNc1cc2c(c(Cl)n1)C1(CCOCC1)C(=O)N2. The van der Waals surface area contributed by atoms with E-state index in [4.69, 9.17) is 16.3 Å². The molecular formula is C12H14ClN3O2. The lowest BCUT2D eigenvalue weighted by Crippen LogP contribution is -2.40. The van der Waals surface area contributed by atoms with Gasteiger partial charge in [-0.2, -0.15) is 0 Å². The Bertz CT molecular complexity index is 512. The molecule has 6 heteroatoms. The van der Waals surface area contributed by atoms with E-state index < -0.39 is 5.41 Å². The molecule has 0 saturated carbocycles. The quantitative estimate of drug-likeness (QED) is 0.762. The van der Waals surface area contributed by atoms with Gasteiger partial charge in [0.25, 0.3) is 0 Å². The van der Waals surface area contributed by atoms with Gasteiger partial charge in [0.15, 0.2) is 0 Å². The van der Waals surface area contributed by atoms with Gasteiger partial charge in [-0.25, -0.2) is 4.98 Å².